The smallest absolute Gasteiger partial charge is 0.197 e. The van der Waals surface area contributed by atoms with Gasteiger partial charge in [0.2, 0.25) is 0 Å². The predicted octanol–water partition coefficient (Wildman–Crippen LogP) is 2.38. The molecule has 5 heteroatoms. The van der Waals surface area contributed by atoms with E-state index in [4.69, 9.17) is 10.5 Å². The Morgan fingerprint density at radius 1 is 1.30 bits per heavy atom. The van der Waals surface area contributed by atoms with Crippen molar-refractivity contribution in [1.29, 1.82) is 0 Å². The molecule has 2 aromatic heterocycles. The zero-order chi connectivity index (χ0) is 14.1. The summed E-state index contributed by atoms with van der Waals surface area (Å²) in [6, 6.07) is 7.17. The van der Waals surface area contributed by atoms with E-state index in [0.29, 0.717) is 22.6 Å². The summed E-state index contributed by atoms with van der Waals surface area (Å²) in [5, 5.41) is 0.811. The number of ether oxygens (including phenoxy) is 1. The van der Waals surface area contributed by atoms with E-state index in [1.807, 2.05) is 18.2 Å². The van der Waals surface area contributed by atoms with Crippen LogP contribution in [0.3, 0.4) is 0 Å². The highest BCUT2D eigenvalue weighted by molar-refractivity contribution is 6.18. The van der Waals surface area contributed by atoms with Crippen molar-refractivity contribution in [3.05, 3.63) is 54.0 Å². The Bertz CT molecular complexity index is 793. The van der Waals surface area contributed by atoms with Crippen LogP contribution in [-0.4, -0.2) is 22.9 Å². The molecule has 0 aliphatic rings. The summed E-state index contributed by atoms with van der Waals surface area (Å²) < 4.78 is 5.20. The van der Waals surface area contributed by atoms with Crippen molar-refractivity contribution < 1.29 is 9.53 Å². The number of H-pyrrole nitrogens is 1. The Labute approximate surface area is 115 Å². The van der Waals surface area contributed by atoms with E-state index in [1.54, 1.807) is 25.6 Å². The van der Waals surface area contributed by atoms with Gasteiger partial charge in [0.25, 0.3) is 0 Å². The van der Waals surface area contributed by atoms with E-state index in [-0.39, 0.29) is 5.78 Å². The molecule has 0 spiro atoms. The minimum absolute atomic E-state index is 0.135. The second-order valence-corrected chi connectivity index (χ2v) is 4.41. The SMILES string of the molecule is COc1ccc2[nH]cc(C(=O)c3ccncc3N)c2c1. The van der Waals surface area contributed by atoms with Gasteiger partial charge < -0.3 is 15.5 Å². The van der Waals surface area contributed by atoms with Gasteiger partial charge in [-0.1, -0.05) is 0 Å². The lowest BCUT2D eigenvalue weighted by Gasteiger charge is -2.04. The number of nitrogens with two attached hydrogens (primary N) is 1. The topological polar surface area (TPSA) is 81.0 Å². The zero-order valence-electron chi connectivity index (χ0n) is 10.9. The highest BCUT2D eigenvalue weighted by Crippen LogP contribution is 2.26. The van der Waals surface area contributed by atoms with Crippen molar-refractivity contribution in [2.75, 3.05) is 12.8 Å². The Kier molecular flexibility index (Phi) is 2.87. The third-order valence-corrected chi connectivity index (χ3v) is 3.23. The number of anilines is 1. The van der Waals surface area contributed by atoms with E-state index in [1.165, 1.54) is 6.20 Å². The first-order valence-electron chi connectivity index (χ1n) is 6.10. The molecule has 0 atom stereocenters. The van der Waals surface area contributed by atoms with Gasteiger partial charge in [-0.25, -0.2) is 0 Å². The maximum Gasteiger partial charge on any atom is 0.197 e. The van der Waals surface area contributed by atoms with Crippen LogP contribution in [-0.2, 0) is 0 Å². The molecule has 0 bridgehead atoms. The first-order valence-corrected chi connectivity index (χ1v) is 6.10. The van der Waals surface area contributed by atoms with Crippen molar-refractivity contribution in [2.45, 2.75) is 0 Å². The molecule has 1 aromatic carbocycles. The van der Waals surface area contributed by atoms with Gasteiger partial charge in [0.1, 0.15) is 5.75 Å². The molecular weight excluding hydrogens is 254 g/mol. The molecular formula is C15H13N3O2. The first kappa shape index (κ1) is 12.2. The number of methoxy groups -OCH3 is 1. The molecule has 2 heterocycles. The fourth-order valence-corrected chi connectivity index (χ4v) is 2.17. The van der Waals surface area contributed by atoms with E-state index in [9.17, 15) is 4.79 Å². The van der Waals surface area contributed by atoms with E-state index < -0.39 is 0 Å². The molecule has 100 valence electrons. The number of carbonyl (C=O) groups is 1. The van der Waals surface area contributed by atoms with Gasteiger partial charge in [0.05, 0.1) is 19.0 Å². The Morgan fingerprint density at radius 3 is 2.90 bits per heavy atom. The number of nitrogens with zero attached hydrogens (tertiary/aromatic N) is 1. The lowest BCUT2D eigenvalue weighted by molar-refractivity contribution is 0.104. The second kappa shape index (κ2) is 4.70. The molecule has 0 aliphatic carbocycles. The number of pyridine rings is 1. The number of aromatic nitrogens is 2. The summed E-state index contributed by atoms with van der Waals surface area (Å²) in [5.41, 5.74) is 8.07. The van der Waals surface area contributed by atoms with Crippen molar-refractivity contribution in [3.63, 3.8) is 0 Å². The van der Waals surface area contributed by atoms with Crippen molar-refractivity contribution in [2.24, 2.45) is 0 Å². The fraction of sp³-hybridized carbons (Fsp3) is 0.0667. The molecule has 0 amide bonds. The highest BCUT2D eigenvalue weighted by Gasteiger charge is 2.16. The number of aromatic amines is 1. The molecule has 0 fully saturated rings. The summed E-state index contributed by atoms with van der Waals surface area (Å²) >= 11 is 0. The number of ketones is 1. The van der Waals surface area contributed by atoms with Crippen molar-refractivity contribution in [1.82, 2.24) is 9.97 Å². The first-order chi connectivity index (χ1) is 9.70. The standard InChI is InChI=1S/C15H13N3O2/c1-20-9-2-3-14-11(6-9)12(7-18-14)15(19)10-4-5-17-8-13(10)16/h2-8,18H,16H2,1H3. The van der Waals surface area contributed by atoms with Crippen LogP contribution < -0.4 is 10.5 Å². The van der Waals surface area contributed by atoms with Gasteiger partial charge in [-0.05, 0) is 24.3 Å². The van der Waals surface area contributed by atoms with E-state index >= 15 is 0 Å². The molecule has 3 aromatic rings. The molecule has 0 saturated carbocycles. The predicted molar refractivity (Wildman–Crippen MR) is 76.9 cm³/mol. The minimum atomic E-state index is -0.135. The summed E-state index contributed by atoms with van der Waals surface area (Å²) in [6.45, 7) is 0. The summed E-state index contributed by atoms with van der Waals surface area (Å²) in [6.07, 6.45) is 4.72. The van der Waals surface area contributed by atoms with Gasteiger partial charge in [0.15, 0.2) is 5.78 Å². The molecule has 20 heavy (non-hydrogen) atoms. The normalized spacial score (nSPS) is 10.7. The van der Waals surface area contributed by atoms with Crippen LogP contribution in [0.1, 0.15) is 15.9 Å². The van der Waals surface area contributed by atoms with Crippen LogP contribution >= 0.6 is 0 Å². The van der Waals surface area contributed by atoms with E-state index in [0.717, 1.165) is 10.9 Å². The van der Waals surface area contributed by atoms with Crippen LogP contribution in [0.2, 0.25) is 0 Å². The van der Waals surface area contributed by atoms with Gasteiger partial charge in [-0.3, -0.25) is 9.78 Å². The third kappa shape index (κ3) is 1.89. The van der Waals surface area contributed by atoms with Gasteiger partial charge in [0, 0.05) is 34.4 Å². The monoisotopic (exact) mass is 267 g/mol. The van der Waals surface area contributed by atoms with Crippen LogP contribution in [0, 0.1) is 0 Å². The number of nitrogen functional groups attached to an aromatic ring is 1. The number of fused-ring (bicyclic) bond motifs is 1. The second-order valence-electron chi connectivity index (χ2n) is 4.41. The average molecular weight is 267 g/mol. The zero-order valence-corrected chi connectivity index (χ0v) is 10.9. The Hall–Kier alpha value is -2.82. The van der Waals surface area contributed by atoms with Crippen LogP contribution in [0.15, 0.2) is 42.9 Å². The minimum Gasteiger partial charge on any atom is -0.497 e. The van der Waals surface area contributed by atoms with Gasteiger partial charge >= 0.3 is 0 Å². The van der Waals surface area contributed by atoms with Crippen LogP contribution in [0.4, 0.5) is 5.69 Å². The van der Waals surface area contributed by atoms with Gasteiger partial charge in [-0.15, -0.1) is 0 Å². The highest BCUT2D eigenvalue weighted by atomic mass is 16.5. The van der Waals surface area contributed by atoms with E-state index in [2.05, 4.69) is 9.97 Å². The summed E-state index contributed by atoms with van der Waals surface area (Å²) in [7, 11) is 1.59. The number of nitrogens with one attached hydrogen (secondary N) is 1. The maximum absolute atomic E-state index is 12.6. The maximum atomic E-state index is 12.6. The number of carbonyl (C=O) groups excluding carboxylic acids is 1. The summed E-state index contributed by atoms with van der Waals surface area (Å²) in [4.78, 5) is 19.5. The molecule has 0 saturated heterocycles. The lowest BCUT2D eigenvalue weighted by atomic mass is 10.0. The largest absolute Gasteiger partial charge is 0.497 e. The van der Waals surface area contributed by atoms with Crippen molar-refractivity contribution >= 4 is 22.4 Å². The number of benzene rings is 1. The molecule has 0 radical (unpaired) electrons. The quantitative estimate of drug-likeness (QED) is 0.714. The Morgan fingerprint density at radius 2 is 2.15 bits per heavy atom. The molecule has 3 N–H and O–H groups in total. The molecule has 3 rings (SSSR count). The average Bonchev–Trinajstić information content (AvgIpc) is 2.89. The lowest BCUT2D eigenvalue weighted by Crippen LogP contribution is -2.05. The fourth-order valence-electron chi connectivity index (χ4n) is 2.17. The molecule has 0 aliphatic heterocycles. The number of hydrogen-bond acceptors (Lipinski definition) is 4. The van der Waals surface area contributed by atoms with Crippen molar-refractivity contribution in [3.8, 4) is 5.75 Å². The van der Waals surface area contributed by atoms with Gasteiger partial charge in [-0.2, -0.15) is 0 Å². The third-order valence-electron chi connectivity index (χ3n) is 3.23. The number of rotatable bonds is 3. The Balaban J connectivity index is 2.15. The van der Waals surface area contributed by atoms with Crippen LogP contribution in [0.25, 0.3) is 10.9 Å². The molecule has 0 unspecified atom stereocenters. The molecule has 5 nitrogen and oxygen atoms in total. The van der Waals surface area contributed by atoms with Crippen LogP contribution in [0.5, 0.6) is 5.75 Å². The number of hydrogen-bond donors (Lipinski definition) is 2. The summed E-state index contributed by atoms with van der Waals surface area (Å²) in [5.74, 6) is 0.568.